The zero-order chi connectivity index (χ0) is 15.6. The molecule has 0 atom stereocenters. The standard InChI is InChI=1S/C15H20N2O5/c1-21-11(18)14-4-2-13(7-14,3-5-14)10-6-15(22-16-10)8-17(9-15)12(19)20/h2-9H2,1H3,(H,19,20). The molecule has 7 heteroatoms. The van der Waals surface area contributed by atoms with E-state index in [2.05, 4.69) is 5.16 Å². The van der Waals surface area contributed by atoms with Crippen LogP contribution >= 0.6 is 0 Å². The van der Waals surface area contributed by atoms with E-state index in [0.29, 0.717) is 19.5 Å². The second-order valence-electron chi connectivity index (χ2n) is 7.36. The minimum atomic E-state index is -0.910. The summed E-state index contributed by atoms with van der Waals surface area (Å²) in [5, 5.41) is 13.3. The number of methoxy groups -OCH3 is 1. The zero-order valence-corrected chi connectivity index (χ0v) is 12.6. The lowest BCUT2D eigenvalue weighted by atomic mass is 9.74. The van der Waals surface area contributed by atoms with Crippen LogP contribution in [0.2, 0.25) is 0 Å². The van der Waals surface area contributed by atoms with Crippen LogP contribution in [0.3, 0.4) is 0 Å². The molecule has 2 bridgehead atoms. The fourth-order valence-electron chi connectivity index (χ4n) is 4.85. The van der Waals surface area contributed by atoms with Gasteiger partial charge in [-0.05, 0) is 32.1 Å². The van der Waals surface area contributed by atoms with Crippen molar-refractivity contribution in [2.75, 3.05) is 20.2 Å². The fourth-order valence-corrected chi connectivity index (χ4v) is 4.85. The van der Waals surface area contributed by atoms with Gasteiger partial charge in [0.2, 0.25) is 0 Å². The number of rotatable bonds is 2. The van der Waals surface area contributed by atoms with E-state index < -0.39 is 11.7 Å². The number of carboxylic acid groups (broad SMARTS) is 1. The van der Waals surface area contributed by atoms with Gasteiger partial charge in [0.05, 0.1) is 31.3 Å². The molecule has 4 aliphatic rings. The van der Waals surface area contributed by atoms with Gasteiger partial charge in [0, 0.05) is 11.8 Å². The number of hydrogen-bond acceptors (Lipinski definition) is 5. The van der Waals surface area contributed by atoms with E-state index in [1.54, 1.807) is 0 Å². The summed E-state index contributed by atoms with van der Waals surface area (Å²) in [7, 11) is 1.45. The zero-order valence-electron chi connectivity index (χ0n) is 12.6. The van der Waals surface area contributed by atoms with Gasteiger partial charge >= 0.3 is 12.1 Å². The number of ether oxygens (including phenoxy) is 1. The number of hydrogen-bond donors (Lipinski definition) is 1. The summed E-state index contributed by atoms with van der Waals surface area (Å²) in [6.45, 7) is 0.765. The molecule has 2 saturated carbocycles. The predicted octanol–water partition coefficient (Wildman–Crippen LogP) is 1.62. The lowest BCUT2D eigenvalue weighted by Gasteiger charge is -2.43. The maximum atomic E-state index is 12.1. The normalized spacial score (nSPS) is 37.7. The molecule has 0 aromatic rings. The molecule has 0 aromatic carbocycles. The molecule has 0 aromatic heterocycles. The van der Waals surface area contributed by atoms with E-state index in [0.717, 1.165) is 37.8 Å². The van der Waals surface area contributed by atoms with Crippen molar-refractivity contribution in [1.82, 2.24) is 4.90 Å². The number of likely N-dealkylation sites (tertiary alicyclic amines) is 1. The minimum Gasteiger partial charge on any atom is -0.469 e. The third-order valence-electron chi connectivity index (χ3n) is 6.14. The van der Waals surface area contributed by atoms with Gasteiger partial charge in [-0.15, -0.1) is 0 Å². The molecule has 0 radical (unpaired) electrons. The summed E-state index contributed by atoms with van der Waals surface area (Å²) in [5.41, 5.74) is 0.198. The monoisotopic (exact) mass is 308 g/mol. The second kappa shape index (κ2) is 4.14. The number of fused-ring (bicyclic) bond motifs is 2. The summed E-state index contributed by atoms with van der Waals surface area (Å²) >= 11 is 0. The highest BCUT2D eigenvalue weighted by atomic mass is 16.7. The lowest BCUT2D eigenvalue weighted by molar-refractivity contribution is -0.152. The van der Waals surface area contributed by atoms with Crippen molar-refractivity contribution in [1.29, 1.82) is 0 Å². The van der Waals surface area contributed by atoms with E-state index >= 15 is 0 Å². The quantitative estimate of drug-likeness (QED) is 0.783. The second-order valence-corrected chi connectivity index (χ2v) is 7.36. The maximum Gasteiger partial charge on any atom is 0.407 e. The molecule has 1 saturated heterocycles. The van der Waals surface area contributed by atoms with Crippen LogP contribution in [-0.2, 0) is 14.4 Å². The predicted molar refractivity (Wildman–Crippen MR) is 75.4 cm³/mol. The molecule has 22 heavy (non-hydrogen) atoms. The number of carbonyl (C=O) groups is 2. The highest BCUT2D eigenvalue weighted by Gasteiger charge is 2.63. The Morgan fingerprint density at radius 3 is 2.55 bits per heavy atom. The number of carbonyl (C=O) groups excluding carboxylic acids is 1. The third kappa shape index (κ3) is 1.65. The molecule has 2 heterocycles. The van der Waals surface area contributed by atoms with Crippen LogP contribution in [0, 0.1) is 10.8 Å². The first-order valence-electron chi connectivity index (χ1n) is 7.75. The number of amides is 1. The molecule has 1 amide bonds. The number of esters is 1. The Hall–Kier alpha value is -1.79. The molecule has 2 aliphatic carbocycles. The van der Waals surface area contributed by atoms with E-state index in [1.807, 2.05) is 0 Å². The SMILES string of the molecule is COC(=O)C12CCC(C3=NOC4(C3)CN(C(=O)O)C4)(CC1)C2. The minimum absolute atomic E-state index is 0.0403. The Morgan fingerprint density at radius 1 is 1.27 bits per heavy atom. The average molecular weight is 308 g/mol. The Kier molecular flexibility index (Phi) is 2.61. The van der Waals surface area contributed by atoms with Crippen LogP contribution in [0.15, 0.2) is 5.16 Å². The van der Waals surface area contributed by atoms with Gasteiger partial charge in [-0.1, -0.05) is 5.16 Å². The van der Waals surface area contributed by atoms with Crippen molar-refractivity contribution < 1.29 is 24.3 Å². The lowest BCUT2D eigenvalue weighted by Crippen LogP contribution is -2.63. The van der Waals surface area contributed by atoms with Gasteiger partial charge in [0.15, 0.2) is 5.60 Å². The van der Waals surface area contributed by atoms with Gasteiger partial charge in [-0.3, -0.25) is 9.69 Å². The van der Waals surface area contributed by atoms with Crippen molar-refractivity contribution in [3.05, 3.63) is 0 Å². The first-order valence-corrected chi connectivity index (χ1v) is 7.75. The molecule has 3 fully saturated rings. The van der Waals surface area contributed by atoms with Crippen LogP contribution in [-0.4, -0.2) is 53.6 Å². The van der Waals surface area contributed by atoms with Crippen molar-refractivity contribution >= 4 is 17.8 Å². The summed E-state index contributed by atoms with van der Waals surface area (Å²) in [6.07, 6.45) is 4.18. The number of oxime groups is 1. The topological polar surface area (TPSA) is 88.4 Å². The van der Waals surface area contributed by atoms with E-state index in [4.69, 9.17) is 14.7 Å². The highest BCUT2D eigenvalue weighted by Crippen LogP contribution is 2.64. The van der Waals surface area contributed by atoms with Crippen LogP contribution < -0.4 is 0 Å². The summed E-state index contributed by atoms with van der Waals surface area (Å²) in [5.74, 6) is -0.0956. The van der Waals surface area contributed by atoms with Crippen molar-refractivity contribution in [2.45, 2.75) is 44.1 Å². The van der Waals surface area contributed by atoms with Gasteiger partial charge < -0.3 is 14.7 Å². The van der Waals surface area contributed by atoms with Crippen LogP contribution in [0.5, 0.6) is 0 Å². The molecular weight excluding hydrogens is 288 g/mol. The molecule has 120 valence electrons. The summed E-state index contributed by atoms with van der Waals surface area (Å²) < 4.78 is 4.99. The van der Waals surface area contributed by atoms with E-state index in [9.17, 15) is 9.59 Å². The van der Waals surface area contributed by atoms with Gasteiger partial charge in [-0.2, -0.15) is 0 Å². The Balaban J connectivity index is 1.47. The van der Waals surface area contributed by atoms with Crippen molar-refractivity contribution in [3.8, 4) is 0 Å². The fraction of sp³-hybridized carbons (Fsp3) is 0.800. The van der Waals surface area contributed by atoms with Crippen LogP contribution in [0.4, 0.5) is 4.79 Å². The molecular formula is C15H20N2O5. The van der Waals surface area contributed by atoms with Crippen LogP contribution in [0.25, 0.3) is 0 Å². The molecule has 2 aliphatic heterocycles. The summed E-state index contributed by atoms with van der Waals surface area (Å²) in [6, 6.07) is 0. The molecule has 7 nitrogen and oxygen atoms in total. The smallest absolute Gasteiger partial charge is 0.407 e. The van der Waals surface area contributed by atoms with Gasteiger partial charge in [0.1, 0.15) is 0 Å². The van der Waals surface area contributed by atoms with Crippen molar-refractivity contribution in [2.24, 2.45) is 16.0 Å². The molecule has 0 unspecified atom stereocenters. The first kappa shape index (κ1) is 13.8. The summed E-state index contributed by atoms with van der Waals surface area (Å²) in [4.78, 5) is 30.0. The highest BCUT2D eigenvalue weighted by molar-refractivity contribution is 5.94. The number of nitrogens with zero attached hydrogens (tertiary/aromatic N) is 2. The molecule has 4 rings (SSSR count). The average Bonchev–Trinajstić information content (AvgIpc) is 3.16. The van der Waals surface area contributed by atoms with Gasteiger partial charge in [0.25, 0.3) is 0 Å². The van der Waals surface area contributed by atoms with Crippen molar-refractivity contribution in [3.63, 3.8) is 0 Å². The molecule has 1 spiro atoms. The largest absolute Gasteiger partial charge is 0.469 e. The van der Waals surface area contributed by atoms with E-state index in [1.165, 1.54) is 12.0 Å². The Labute approximate surface area is 128 Å². The van der Waals surface area contributed by atoms with Gasteiger partial charge in [-0.25, -0.2) is 4.79 Å². The molecule has 1 N–H and O–H groups in total. The Bertz CT molecular complexity index is 570. The van der Waals surface area contributed by atoms with E-state index in [-0.39, 0.29) is 16.8 Å². The Morgan fingerprint density at radius 2 is 1.95 bits per heavy atom. The first-order chi connectivity index (χ1) is 10.4. The third-order valence-corrected chi connectivity index (χ3v) is 6.14. The maximum absolute atomic E-state index is 12.1. The van der Waals surface area contributed by atoms with Crippen LogP contribution in [0.1, 0.15) is 38.5 Å².